The number of esters is 1. The Labute approximate surface area is 183 Å². The van der Waals surface area contributed by atoms with Gasteiger partial charge in [0.2, 0.25) is 10.0 Å². The molecule has 1 aliphatic rings. The molecule has 10 heteroatoms. The molecule has 0 radical (unpaired) electrons. The van der Waals surface area contributed by atoms with Gasteiger partial charge in [-0.05, 0) is 48.9 Å². The van der Waals surface area contributed by atoms with Crippen molar-refractivity contribution in [2.75, 3.05) is 38.2 Å². The van der Waals surface area contributed by atoms with Crippen molar-refractivity contribution in [1.29, 1.82) is 0 Å². The Morgan fingerprint density at radius 1 is 1.13 bits per heavy atom. The van der Waals surface area contributed by atoms with Crippen molar-refractivity contribution in [3.05, 3.63) is 58.1 Å². The van der Waals surface area contributed by atoms with Crippen LogP contribution in [0.25, 0.3) is 0 Å². The van der Waals surface area contributed by atoms with Crippen molar-refractivity contribution in [3.63, 3.8) is 0 Å². The molecule has 8 nitrogen and oxygen atoms in total. The van der Waals surface area contributed by atoms with Gasteiger partial charge in [0.1, 0.15) is 0 Å². The van der Waals surface area contributed by atoms with Gasteiger partial charge in [-0.1, -0.05) is 22.0 Å². The second kappa shape index (κ2) is 9.69. The van der Waals surface area contributed by atoms with E-state index >= 15 is 0 Å². The summed E-state index contributed by atoms with van der Waals surface area (Å²) >= 11 is 3.30. The molecule has 1 amide bonds. The molecule has 1 N–H and O–H groups in total. The first-order valence-corrected chi connectivity index (χ1v) is 11.4. The molecule has 0 unspecified atom stereocenters. The summed E-state index contributed by atoms with van der Waals surface area (Å²) in [6.07, 6.45) is 0. The van der Waals surface area contributed by atoms with E-state index in [4.69, 9.17) is 9.47 Å². The summed E-state index contributed by atoms with van der Waals surface area (Å²) in [6.45, 7) is 2.34. The number of sulfonamides is 1. The van der Waals surface area contributed by atoms with Gasteiger partial charge in [0.25, 0.3) is 5.91 Å². The van der Waals surface area contributed by atoms with Gasteiger partial charge in [0.05, 0.1) is 23.7 Å². The standard InChI is InChI=1S/C20H21BrN2O6S/c1-14-2-3-15(12-18(14)30(26,27)23-8-10-28-11-9-23)20(25)29-13-19(24)22-17-6-4-16(21)5-7-17/h2-7,12H,8-11,13H2,1H3,(H,22,24). The van der Waals surface area contributed by atoms with E-state index < -0.39 is 28.5 Å². The molecule has 0 spiro atoms. The van der Waals surface area contributed by atoms with Gasteiger partial charge in [-0.25, -0.2) is 13.2 Å². The summed E-state index contributed by atoms with van der Waals surface area (Å²) in [5.41, 5.74) is 1.14. The number of halogens is 1. The van der Waals surface area contributed by atoms with E-state index in [2.05, 4.69) is 21.2 Å². The number of nitrogens with zero attached hydrogens (tertiary/aromatic N) is 1. The van der Waals surface area contributed by atoms with E-state index in [9.17, 15) is 18.0 Å². The van der Waals surface area contributed by atoms with Crippen LogP contribution in [0.3, 0.4) is 0 Å². The Hall–Kier alpha value is -2.27. The molecule has 3 rings (SSSR count). The zero-order chi connectivity index (χ0) is 21.7. The largest absolute Gasteiger partial charge is 0.452 e. The van der Waals surface area contributed by atoms with Crippen LogP contribution in [0.1, 0.15) is 15.9 Å². The number of aryl methyl sites for hydroxylation is 1. The minimum absolute atomic E-state index is 0.0400. The zero-order valence-electron chi connectivity index (χ0n) is 16.3. The lowest BCUT2D eigenvalue weighted by molar-refractivity contribution is -0.119. The fourth-order valence-corrected chi connectivity index (χ4v) is 4.80. The predicted molar refractivity (Wildman–Crippen MR) is 114 cm³/mol. The zero-order valence-corrected chi connectivity index (χ0v) is 18.7. The fraction of sp³-hybridized carbons (Fsp3) is 0.300. The van der Waals surface area contributed by atoms with Gasteiger partial charge < -0.3 is 14.8 Å². The third-order valence-electron chi connectivity index (χ3n) is 4.47. The summed E-state index contributed by atoms with van der Waals surface area (Å²) in [6, 6.07) is 11.2. The molecule has 1 saturated heterocycles. The van der Waals surface area contributed by atoms with Crippen LogP contribution in [0.2, 0.25) is 0 Å². The fourth-order valence-electron chi connectivity index (χ4n) is 2.88. The molecule has 0 aromatic heterocycles. The average molecular weight is 497 g/mol. The maximum Gasteiger partial charge on any atom is 0.338 e. The molecule has 160 valence electrons. The molecule has 30 heavy (non-hydrogen) atoms. The van der Waals surface area contributed by atoms with E-state index in [-0.39, 0.29) is 23.5 Å². The normalized spacial score (nSPS) is 14.9. The minimum atomic E-state index is -3.76. The number of benzene rings is 2. The average Bonchev–Trinajstić information content (AvgIpc) is 2.74. The Kier molecular flexibility index (Phi) is 7.24. The van der Waals surface area contributed by atoms with Crippen molar-refractivity contribution < 1.29 is 27.5 Å². The number of ether oxygens (including phenoxy) is 2. The summed E-state index contributed by atoms with van der Waals surface area (Å²) < 4.78 is 38.3. The van der Waals surface area contributed by atoms with Crippen LogP contribution in [-0.4, -0.2) is 57.5 Å². The van der Waals surface area contributed by atoms with E-state index in [1.165, 1.54) is 16.4 Å². The number of morpholine rings is 1. The molecule has 1 aliphatic heterocycles. The Morgan fingerprint density at radius 2 is 1.80 bits per heavy atom. The van der Waals surface area contributed by atoms with Crippen molar-refractivity contribution in [3.8, 4) is 0 Å². The van der Waals surface area contributed by atoms with Gasteiger partial charge in [0, 0.05) is 23.2 Å². The SMILES string of the molecule is Cc1ccc(C(=O)OCC(=O)Nc2ccc(Br)cc2)cc1S(=O)(=O)N1CCOCC1. The van der Waals surface area contributed by atoms with Gasteiger partial charge in [-0.3, -0.25) is 4.79 Å². The molecule has 2 aromatic carbocycles. The third kappa shape index (κ3) is 5.45. The summed E-state index contributed by atoms with van der Waals surface area (Å²) in [5.74, 6) is -1.28. The van der Waals surface area contributed by atoms with Gasteiger partial charge in [-0.2, -0.15) is 4.31 Å². The molecule has 0 bridgehead atoms. The molecule has 0 aliphatic carbocycles. The van der Waals surface area contributed by atoms with Gasteiger partial charge >= 0.3 is 5.97 Å². The lowest BCUT2D eigenvalue weighted by Gasteiger charge is -2.26. The topological polar surface area (TPSA) is 102 Å². The molecular formula is C20H21BrN2O6S. The smallest absolute Gasteiger partial charge is 0.338 e. The second-order valence-electron chi connectivity index (χ2n) is 6.63. The first-order chi connectivity index (χ1) is 14.3. The predicted octanol–water partition coefficient (Wildman–Crippen LogP) is 2.57. The van der Waals surface area contributed by atoms with Crippen molar-refractivity contribution >= 4 is 43.5 Å². The summed E-state index contributed by atoms with van der Waals surface area (Å²) in [4.78, 5) is 24.4. The van der Waals surface area contributed by atoms with Crippen LogP contribution in [0.4, 0.5) is 5.69 Å². The van der Waals surface area contributed by atoms with E-state index in [0.29, 0.717) is 24.5 Å². The summed E-state index contributed by atoms with van der Waals surface area (Å²) in [5, 5.41) is 2.61. The van der Waals surface area contributed by atoms with Crippen LogP contribution in [0.15, 0.2) is 51.8 Å². The van der Waals surface area contributed by atoms with E-state index in [1.54, 1.807) is 37.3 Å². The quantitative estimate of drug-likeness (QED) is 0.616. The lowest BCUT2D eigenvalue weighted by Crippen LogP contribution is -2.40. The van der Waals surface area contributed by atoms with Crippen LogP contribution in [-0.2, 0) is 24.3 Å². The van der Waals surface area contributed by atoms with Crippen molar-refractivity contribution in [2.24, 2.45) is 0 Å². The first-order valence-electron chi connectivity index (χ1n) is 9.18. The number of carbonyl (C=O) groups is 2. The Bertz CT molecular complexity index is 1030. The molecule has 0 saturated carbocycles. The number of hydrogen-bond donors (Lipinski definition) is 1. The highest BCUT2D eigenvalue weighted by Gasteiger charge is 2.28. The van der Waals surface area contributed by atoms with Crippen LogP contribution < -0.4 is 5.32 Å². The second-order valence-corrected chi connectivity index (χ2v) is 9.45. The van der Waals surface area contributed by atoms with Crippen molar-refractivity contribution in [1.82, 2.24) is 4.31 Å². The first kappa shape index (κ1) is 22.4. The molecular weight excluding hydrogens is 476 g/mol. The monoisotopic (exact) mass is 496 g/mol. The number of carbonyl (C=O) groups excluding carboxylic acids is 2. The maximum atomic E-state index is 12.9. The number of amides is 1. The number of nitrogens with one attached hydrogen (secondary N) is 1. The van der Waals surface area contributed by atoms with Crippen LogP contribution in [0, 0.1) is 6.92 Å². The minimum Gasteiger partial charge on any atom is -0.452 e. The van der Waals surface area contributed by atoms with Gasteiger partial charge in [0.15, 0.2) is 6.61 Å². The Balaban J connectivity index is 1.67. The number of anilines is 1. The Morgan fingerprint density at radius 3 is 2.47 bits per heavy atom. The third-order valence-corrected chi connectivity index (χ3v) is 7.04. The van der Waals surface area contributed by atoms with Crippen LogP contribution in [0.5, 0.6) is 0 Å². The highest BCUT2D eigenvalue weighted by atomic mass is 79.9. The molecule has 2 aromatic rings. The number of rotatable bonds is 6. The number of hydrogen-bond acceptors (Lipinski definition) is 6. The van der Waals surface area contributed by atoms with Crippen LogP contribution >= 0.6 is 15.9 Å². The molecule has 1 heterocycles. The summed E-state index contributed by atoms with van der Waals surface area (Å²) in [7, 11) is -3.76. The molecule has 1 fully saturated rings. The van der Waals surface area contributed by atoms with E-state index in [0.717, 1.165) is 4.47 Å². The maximum absolute atomic E-state index is 12.9. The van der Waals surface area contributed by atoms with Gasteiger partial charge in [-0.15, -0.1) is 0 Å². The highest BCUT2D eigenvalue weighted by molar-refractivity contribution is 9.10. The highest BCUT2D eigenvalue weighted by Crippen LogP contribution is 2.23. The molecule has 0 atom stereocenters. The van der Waals surface area contributed by atoms with E-state index in [1.807, 2.05) is 0 Å². The van der Waals surface area contributed by atoms with Crippen molar-refractivity contribution in [2.45, 2.75) is 11.8 Å². The lowest BCUT2D eigenvalue weighted by atomic mass is 10.1.